The zero-order valence-corrected chi connectivity index (χ0v) is 15.1. The van der Waals surface area contributed by atoms with E-state index in [2.05, 4.69) is 10.0 Å². The maximum Gasteiger partial charge on any atom is 0.261 e. The van der Waals surface area contributed by atoms with Crippen LogP contribution in [0.25, 0.3) is 0 Å². The molecule has 0 atom stereocenters. The van der Waals surface area contributed by atoms with Gasteiger partial charge < -0.3 is 5.32 Å². The lowest BCUT2D eigenvalue weighted by molar-refractivity contribution is 0.0955. The van der Waals surface area contributed by atoms with Gasteiger partial charge in [-0.05, 0) is 56.5 Å². The Morgan fingerprint density at radius 2 is 1.62 bits per heavy atom. The van der Waals surface area contributed by atoms with Crippen LogP contribution in [0.3, 0.4) is 0 Å². The minimum Gasteiger partial charge on any atom is -0.352 e. The van der Waals surface area contributed by atoms with Crippen LogP contribution < -0.4 is 10.0 Å². The molecule has 24 heavy (non-hydrogen) atoms. The van der Waals surface area contributed by atoms with Crippen molar-refractivity contribution in [1.29, 1.82) is 0 Å². The fourth-order valence-electron chi connectivity index (χ4n) is 2.44. The standard InChI is InChI=1S/C18H22N2O3S/c1-5-19-18(21)16-11-15(10-9-12(16)2)24(22,23)20-17-13(3)7-6-8-14(17)4/h6-11,20H,5H2,1-4H3,(H,19,21). The van der Waals surface area contributed by atoms with Crippen molar-refractivity contribution in [2.75, 3.05) is 11.3 Å². The minimum atomic E-state index is -3.78. The van der Waals surface area contributed by atoms with Crippen LogP contribution in [-0.2, 0) is 10.0 Å². The van der Waals surface area contributed by atoms with Crippen molar-refractivity contribution in [3.05, 3.63) is 58.7 Å². The van der Waals surface area contributed by atoms with Gasteiger partial charge in [0.2, 0.25) is 0 Å². The molecule has 2 rings (SSSR count). The van der Waals surface area contributed by atoms with E-state index in [1.807, 2.05) is 39.0 Å². The lowest BCUT2D eigenvalue weighted by atomic mass is 10.1. The van der Waals surface area contributed by atoms with Gasteiger partial charge in [0.05, 0.1) is 10.6 Å². The maximum atomic E-state index is 12.7. The second-order valence-electron chi connectivity index (χ2n) is 5.71. The predicted octanol–water partition coefficient (Wildman–Crippen LogP) is 3.16. The zero-order valence-electron chi connectivity index (χ0n) is 14.3. The third-order valence-corrected chi connectivity index (χ3v) is 5.17. The van der Waals surface area contributed by atoms with Gasteiger partial charge in [0, 0.05) is 12.1 Å². The fourth-order valence-corrected chi connectivity index (χ4v) is 3.67. The summed E-state index contributed by atoms with van der Waals surface area (Å²) < 4.78 is 28.0. The van der Waals surface area contributed by atoms with Gasteiger partial charge in [-0.2, -0.15) is 0 Å². The Labute approximate surface area is 143 Å². The molecule has 0 aromatic heterocycles. The highest BCUT2D eigenvalue weighted by atomic mass is 32.2. The fraction of sp³-hybridized carbons (Fsp3) is 0.278. The Kier molecular flexibility index (Phi) is 5.29. The number of sulfonamides is 1. The molecule has 1 amide bonds. The first-order valence-electron chi connectivity index (χ1n) is 7.74. The van der Waals surface area contributed by atoms with Crippen molar-refractivity contribution in [2.24, 2.45) is 0 Å². The van der Waals surface area contributed by atoms with Gasteiger partial charge >= 0.3 is 0 Å². The van der Waals surface area contributed by atoms with Gasteiger partial charge in [0.15, 0.2) is 0 Å². The normalized spacial score (nSPS) is 11.2. The lowest BCUT2D eigenvalue weighted by Crippen LogP contribution is -2.24. The van der Waals surface area contributed by atoms with E-state index >= 15 is 0 Å². The Bertz CT molecular complexity index is 854. The van der Waals surface area contributed by atoms with Crippen LogP contribution in [-0.4, -0.2) is 20.9 Å². The van der Waals surface area contributed by atoms with Crippen LogP contribution in [0.15, 0.2) is 41.3 Å². The molecule has 2 N–H and O–H groups in total. The van der Waals surface area contributed by atoms with Gasteiger partial charge in [-0.3, -0.25) is 9.52 Å². The van der Waals surface area contributed by atoms with E-state index in [1.165, 1.54) is 12.1 Å². The van der Waals surface area contributed by atoms with E-state index in [1.54, 1.807) is 13.0 Å². The van der Waals surface area contributed by atoms with Crippen LogP contribution in [0.4, 0.5) is 5.69 Å². The average Bonchev–Trinajstić information content (AvgIpc) is 2.51. The van der Waals surface area contributed by atoms with E-state index in [9.17, 15) is 13.2 Å². The predicted molar refractivity (Wildman–Crippen MR) is 95.9 cm³/mol. The quantitative estimate of drug-likeness (QED) is 0.873. The summed E-state index contributed by atoms with van der Waals surface area (Å²) in [5.74, 6) is -0.279. The molecule has 0 saturated heterocycles. The SMILES string of the molecule is CCNC(=O)c1cc(S(=O)(=O)Nc2c(C)cccc2C)ccc1C. The van der Waals surface area contributed by atoms with E-state index < -0.39 is 10.0 Å². The number of carbonyl (C=O) groups is 1. The molecule has 0 radical (unpaired) electrons. The first-order chi connectivity index (χ1) is 11.3. The maximum absolute atomic E-state index is 12.7. The summed E-state index contributed by atoms with van der Waals surface area (Å²) in [6.07, 6.45) is 0. The van der Waals surface area contributed by atoms with Crippen molar-refractivity contribution >= 4 is 21.6 Å². The molecule has 0 aliphatic carbocycles. The first-order valence-corrected chi connectivity index (χ1v) is 9.22. The summed E-state index contributed by atoms with van der Waals surface area (Å²) in [5, 5.41) is 2.70. The van der Waals surface area contributed by atoms with Gasteiger partial charge in [-0.25, -0.2) is 8.42 Å². The molecule has 128 valence electrons. The lowest BCUT2D eigenvalue weighted by Gasteiger charge is -2.14. The van der Waals surface area contributed by atoms with Crippen LogP contribution in [0, 0.1) is 20.8 Å². The molecule has 0 aliphatic heterocycles. The van der Waals surface area contributed by atoms with E-state index in [4.69, 9.17) is 0 Å². The molecule has 6 heteroatoms. The van der Waals surface area contributed by atoms with E-state index in [0.29, 0.717) is 17.8 Å². The van der Waals surface area contributed by atoms with Gasteiger partial charge in [-0.1, -0.05) is 24.3 Å². The molecule has 0 aliphatic rings. The van der Waals surface area contributed by atoms with Crippen molar-refractivity contribution in [3.8, 4) is 0 Å². The van der Waals surface area contributed by atoms with E-state index in [0.717, 1.165) is 16.7 Å². The highest BCUT2D eigenvalue weighted by molar-refractivity contribution is 7.92. The number of rotatable bonds is 5. The number of anilines is 1. The van der Waals surface area contributed by atoms with Crippen molar-refractivity contribution in [3.63, 3.8) is 0 Å². The van der Waals surface area contributed by atoms with Crippen LogP contribution >= 0.6 is 0 Å². The summed E-state index contributed by atoms with van der Waals surface area (Å²) in [6, 6.07) is 10.1. The van der Waals surface area contributed by atoms with Gasteiger partial charge in [-0.15, -0.1) is 0 Å². The summed E-state index contributed by atoms with van der Waals surface area (Å²) in [4.78, 5) is 12.2. The summed E-state index contributed by atoms with van der Waals surface area (Å²) in [6.45, 7) is 7.77. The largest absolute Gasteiger partial charge is 0.352 e. The third-order valence-electron chi connectivity index (χ3n) is 3.82. The second-order valence-corrected chi connectivity index (χ2v) is 7.39. The molecule has 2 aromatic rings. The third kappa shape index (κ3) is 3.76. The van der Waals surface area contributed by atoms with Crippen LogP contribution in [0.1, 0.15) is 34.0 Å². The first kappa shape index (κ1) is 18.0. The average molecular weight is 346 g/mol. The number of aryl methyl sites for hydroxylation is 3. The van der Waals surface area contributed by atoms with Gasteiger partial charge in [0.1, 0.15) is 0 Å². The van der Waals surface area contributed by atoms with Crippen molar-refractivity contribution < 1.29 is 13.2 Å². The van der Waals surface area contributed by atoms with Crippen LogP contribution in [0.5, 0.6) is 0 Å². The second kappa shape index (κ2) is 7.05. The summed E-state index contributed by atoms with van der Waals surface area (Å²) in [7, 11) is -3.78. The minimum absolute atomic E-state index is 0.0667. The number of carbonyl (C=O) groups excluding carboxylic acids is 1. The molecule has 0 spiro atoms. The highest BCUT2D eigenvalue weighted by Gasteiger charge is 2.19. The Morgan fingerprint density at radius 3 is 2.21 bits per heavy atom. The highest BCUT2D eigenvalue weighted by Crippen LogP contribution is 2.24. The molecule has 0 saturated carbocycles. The van der Waals surface area contributed by atoms with Crippen LogP contribution in [0.2, 0.25) is 0 Å². The number of hydrogen-bond acceptors (Lipinski definition) is 3. The topological polar surface area (TPSA) is 75.3 Å². The number of amides is 1. The molecular formula is C18H22N2O3S. The molecule has 2 aromatic carbocycles. The Morgan fingerprint density at radius 1 is 1.00 bits per heavy atom. The van der Waals surface area contributed by atoms with E-state index in [-0.39, 0.29) is 10.8 Å². The number of para-hydroxylation sites is 1. The molecule has 0 heterocycles. The molecule has 0 unspecified atom stereocenters. The number of nitrogens with one attached hydrogen (secondary N) is 2. The zero-order chi connectivity index (χ0) is 17.9. The summed E-state index contributed by atoms with van der Waals surface area (Å²) in [5.41, 5.74) is 3.34. The Hall–Kier alpha value is -2.34. The van der Waals surface area contributed by atoms with Crippen molar-refractivity contribution in [2.45, 2.75) is 32.6 Å². The molecular weight excluding hydrogens is 324 g/mol. The number of hydrogen-bond donors (Lipinski definition) is 2. The molecule has 0 bridgehead atoms. The van der Waals surface area contributed by atoms with Gasteiger partial charge in [0.25, 0.3) is 15.9 Å². The Balaban J connectivity index is 2.43. The molecule has 0 fully saturated rings. The number of benzene rings is 2. The summed E-state index contributed by atoms with van der Waals surface area (Å²) >= 11 is 0. The molecule has 5 nitrogen and oxygen atoms in total. The monoisotopic (exact) mass is 346 g/mol. The van der Waals surface area contributed by atoms with Crippen molar-refractivity contribution in [1.82, 2.24) is 5.32 Å². The smallest absolute Gasteiger partial charge is 0.261 e.